The Kier molecular flexibility index (Phi) is 3.76. The Hall–Kier alpha value is -2.08. The third kappa shape index (κ3) is 2.42. The zero-order valence-electron chi connectivity index (χ0n) is 14.2. The average molecular weight is 403 g/mol. The van der Waals surface area contributed by atoms with E-state index in [0.29, 0.717) is 10.2 Å². The van der Waals surface area contributed by atoms with E-state index in [0.717, 1.165) is 18.4 Å². The fourth-order valence-electron chi connectivity index (χ4n) is 3.74. The summed E-state index contributed by atoms with van der Waals surface area (Å²) in [4.78, 5) is 27.4. The number of carbonyl (C=O) groups excluding carboxylic acids is 1. The van der Waals surface area contributed by atoms with E-state index >= 15 is 0 Å². The third-order valence-electron chi connectivity index (χ3n) is 5.51. The van der Waals surface area contributed by atoms with Gasteiger partial charge in [0.15, 0.2) is 11.4 Å². The quantitative estimate of drug-likeness (QED) is 0.790. The molecule has 5 nitrogen and oxygen atoms in total. The van der Waals surface area contributed by atoms with Gasteiger partial charge in [0.2, 0.25) is 5.43 Å². The predicted molar refractivity (Wildman–Crippen MR) is 97.9 cm³/mol. The van der Waals surface area contributed by atoms with E-state index in [2.05, 4.69) is 22.9 Å². The molecule has 2 aromatic rings. The van der Waals surface area contributed by atoms with Gasteiger partial charge < -0.3 is 14.2 Å². The number of benzene rings is 1. The molecule has 1 aliphatic heterocycles. The van der Waals surface area contributed by atoms with Gasteiger partial charge in [0, 0.05) is 13.2 Å². The van der Waals surface area contributed by atoms with Crippen LogP contribution in [0.15, 0.2) is 45.8 Å². The number of aromatic nitrogens is 1. The van der Waals surface area contributed by atoms with Gasteiger partial charge in [-0.05, 0) is 41.3 Å². The number of pyridine rings is 1. The molecule has 0 radical (unpaired) electrons. The Balaban J connectivity index is 1.80. The maximum Gasteiger partial charge on any atom is 0.274 e. The van der Waals surface area contributed by atoms with E-state index in [9.17, 15) is 9.59 Å². The second-order valence-corrected chi connectivity index (χ2v) is 7.66. The van der Waals surface area contributed by atoms with Crippen LogP contribution in [0, 0.1) is 0 Å². The molecule has 2 aliphatic rings. The molecule has 1 spiro atoms. The highest BCUT2D eigenvalue weighted by molar-refractivity contribution is 9.10. The first-order chi connectivity index (χ1) is 12.0. The van der Waals surface area contributed by atoms with Crippen LogP contribution in [-0.4, -0.2) is 28.0 Å². The number of rotatable bonds is 3. The zero-order valence-corrected chi connectivity index (χ0v) is 15.7. The fourth-order valence-corrected chi connectivity index (χ4v) is 4.14. The number of hydrogen-bond acceptors (Lipinski definition) is 3. The summed E-state index contributed by atoms with van der Waals surface area (Å²) < 4.78 is 8.17. The minimum Gasteiger partial charge on any atom is -0.483 e. The van der Waals surface area contributed by atoms with Crippen molar-refractivity contribution in [2.24, 2.45) is 0 Å². The van der Waals surface area contributed by atoms with Crippen LogP contribution in [-0.2, 0) is 6.61 Å². The van der Waals surface area contributed by atoms with Gasteiger partial charge >= 0.3 is 0 Å². The lowest BCUT2D eigenvalue weighted by Crippen LogP contribution is -2.50. The Morgan fingerprint density at radius 3 is 2.56 bits per heavy atom. The van der Waals surface area contributed by atoms with Gasteiger partial charge in [0.25, 0.3) is 5.91 Å². The van der Waals surface area contributed by atoms with Crippen LogP contribution in [0.4, 0.5) is 0 Å². The molecular weight excluding hydrogens is 384 g/mol. The summed E-state index contributed by atoms with van der Waals surface area (Å²) in [7, 11) is 1.82. The summed E-state index contributed by atoms with van der Waals surface area (Å²) in [6.45, 7) is 2.34. The molecule has 1 aliphatic carbocycles. The highest BCUT2D eigenvalue weighted by Gasteiger charge is 2.57. The molecule has 25 heavy (non-hydrogen) atoms. The van der Waals surface area contributed by atoms with E-state index in [-0.39, 0.29) is 35.3 Å². The number of likely N-dealkylation sites (N-methyl/N-ethyl adjacent to an activating group) is 1. The maximum absolute atomic E-state index is 13.0. The summed E-state index contributed by atoms with van der Waals surface area (Å²) in [6.07, 6.45) is 3.70. The smallest absolute Gasteiger partial charge is 0.274 e. The molecule has 1 fully saturated rings. The standard InChI is InChI=1S/C19H19BrN2O3/c1-12-19(8-9-19)21(2)18(24)15-17(16(23)14(20)10-22(12)15)25-11-13-6-4-3-5-7-13/h3-7,10,12H,8-9,11H2,1-2H3/t12-/m1/s1. The molecule has 0 N–H and O–H groups in total. The zero-order chi connectivity index (χ0) is 17.8. The number of amides is 1. The predicted octanol–water partition coefficient (Wildman–Crippen LogP) is 3.37. The highest BCUT2D eigenvalue weighted by Crippen LogP contribution is 2.53. The average Bonchev–Trinajstić information content (AvgIpc) is 3.42. The normalized spacial score (nSPS) is 20.5. The Morgan fingerprint density at radius 2 is 1.92 bits per heavy atom. The van der Waals surface area contributed by atoms with Crippen molar-refractivity contribution in [1.29, 1.82) is 0 Å². The third-order valence-corrected chi connectivity index (χ3v) is 6.07. The first-order valence-electron chi connectivity index (χ1n) is 8.35. The van der Waals surface area contributed by atoms with Gasteiger partial charge in [-0.15, -0.1) is 0 Å². The molecule has 1 atom stereocenters. The lowest BCUT2D eigenvalue weighted by molar-refractivity contribution is 0.0548. The van der Waals surface area contributed by atoms with Gasteiger partial charge in [-0.25, -0.2) is 0 Å². The number of carbonyl (C=O) groups is 1. The van der Waals surface area contributed by atoms with Crippen molar-refractivity contribution >= 4 is 21.8 Å². The van der Waals surface area contributed by atoms with Crippen LogP contribution in [0.1, 0.15) is 41.9 Å². The Morgan fingerprint density at radius 1 is 1.24 bits per heavy atom. The van der Waals surface area contributed by atoms with E-state index in [1.807, 2.05) is 41.9 Å². The van der Waals surface area contributed by atoms with Gasteiger partial charge in [-0.2, -0.15) is 0 Å². The fraction of sp³-hybridized carbons (Fsp3) is 0.368. The maximum atomic E-state index is 13.0. The molecule has 1 aromatic heterocycles. The van der Waals surface area contributed by atoms with Crippen molar-refractivity contribution in [2.45, 2.75) is 38.0 Å². The topological polar surface area (TPSA) is 51.5 Å². The minimum atomic E-state index is -0.289. The highest BCUT2D eigenvalue weighted by atomic mass is 79.9. The van der Waals surface area contributed by atoms with E-state index in [1.165, 1.54) is 0 Å². The van der Waals surface area contributed by atoms with Gasteiger partial charge in [0.05, 0.1) is 16.1 Å². The molecule has 0 bridgehead atoms. The number of fused-ring (bicyclic) bond motifs is 1. The van der Waals surface area contributed by atoms with E-state index in [1.54, 1.807) is 11.1 Å². The first kappa shape index (κ1) is 16.4. The summed E-state index contributed by atoms with van der Waals surface area (Å²) in [5, 5.41) is 0. The lowest BCUT2D eigenvalue weighted by Gasteiger charge is -2.41. The largest absolute Gasteiger partial charge is 0.483 e. The van der Waals surface area contributed by atoms with Gasteiger partial charge in [-0.1, -0.05) is 30.3 Å². The van der Waals surface area contributed by atoms with Crippen molar-refractivity contribution in [3.05, 3.63) is 62.5 Å². The molecule has 0 saturated heterocycles. The number of nitrogens with zero attached hydrogens (tertiary/aromatic N) is 2. The van der Waals surface area contributed by atoms with Crippen molar-refractivity contribution in [1.82, 2.24) is 9.47 Å². The molecule has 6 heteroatoms. The van der Waals surface area contributed by atoms with Crippen LogP contribution < -0.4 is 10.2 Å². The van der Waals surface area contributed by atoms with Crippen molar-refractivity contribution in [3.63, 3.8) is 0 Å². The molecule has 1 amide bonds. The molecular formula is C19H19BrN2O3. The van der Waals surface area contributed by atoms with Gasteiger partial charge in [-0.3, -0.25) is 9.59 Å². The molecule has 4 rings (SSSR count). The number of halogens is 1. The lowest BCUT2D eigenvalue weighted by atomic mass is 10.0. The molecule has 2 heterocycles. The second kappa shape index (κ2) is 5.73. The first-order valence-corrected chi connectivity index (χ1v) is 9.14. The summed E-state index contributed by atoms with van der Waals surface area (Å²) in [5.74, 6) is -0.0271. The minimum absolute atomic E-state index is 0.0983. The summed E-state index contributed by atoms with van der Waals surface area (Å²) in [5.41, 5.74) is 0.874. The molecule has 0 unspecified atom stereocenters. The van der Waals surface area contributed by atoms with Crippen LogP contribution in [0.3, 0.4) is 0 Å². The van der Waals surface area contributed by atoms with Crippen LogP contribution in [0.5, 0.6) is 5.75 Å². The Labute approximate surface area is 154 Å². The molecule has 130 valence electrons. The van der Waals surface area contributed by atoms with Crippen molar-refractivity contribution < 1.29 is 9.53 Å². The number of hydrogen-bond donors (Lipinski definition) is 0. The molecule has 1 aromatic carbocycles. The SMILES string of the molecule is C[C@H]1n2cc(Br)c(=O)c(OCc3ccccc3)c2C(=O)N(C)C12CC2. The van der Waals surface area contributed by atoms with Crippen LogP contribution in [0.2, 0.25) is 0 Å². The monoisotopic (exact) mass is 402 g/mol. The summed E-state index contributed by atoms with van der Waals surface area (Å²) >= 11 is 3.33. The Bertz CT molecular complexity index is 903. The van der Waals surface area contributed by atoms with Crippen LogP contribution in [0.25, 0.3) is 0 Å². The van der Waals surface area contributed by atoms with Crippen molar-refractivity contribution in [3.8, 4) is 5.75 Å². The van der Waals surface area contributed by atoms with Crippen molar-refractivity contribution in [2.75, 3.05) is 7.05 Å². The second-order valence-electron chi connectivity index (χ2n) is 6.81. The summed E-state index contributed by atoms with van der Waals surface area (Å²) in [6, 6.07) is 9.71. The van der Waals surface area contributed by atoms with Crippen LogP contribution >= 0.6 is 15.9 Å². The van der Waals surface area contributed by atoms with E-state index in [4.69, 9.17) is 4.74 Å². The van der Waals surface area contributed by atoms with Gasteiger partial charge in [0.1, 0.15) is 6.61 Å². The molecule has 1 saturated carbocycles. The number of ether oxygens (including phenoxy) is 1. The van der Waals surface area contributed by atoms with E-state index < -0.39 is 0 Å².